The number of amides is 2. The van der Waals surface area contributed by atoms with Crippen LogP contribution >= 0.6 is 0 Å². The fourth-order valence-electron chi connectivity index (χ4n) is 5.03. The van der Waals surface area contributed by atoms with Gasteiger partial charge in [0.15, 0.2) is 11.5 Å². The Morgan fingerprint density at radius 3 is 2.43 bits per heavy atom. The first kappa shape index (κ1) is 34.9. The van der Waals surface area contributed by atoms with Crippen LogP contribution in [0.25, 0.3) is 10.8 Å². The van der Waals surface area contributed by atoms with Crippen LogP contribution in [-0.2, 0) is 16.1 Å². The summed E-state index contributed by atoms with van der Waals surface area (Å²) >= 11 is 0. The lowest BCUT2D eigenvalue weighted by molar-refractivity contribution is -0.170. The molecular weight excluding hydrogens is 611 g/mol. The number of ether oxygens (including phenoxy) is 2. The maximum atomic E-state index is 13.9. The highest BCUT2D eigenvalue weighted by molar-refractivity contribution is 5.97. The summed E-state index contributed by atoms with van der Waals surface area (Å²) in [5.41, 5.74) is 7.86. The van der Waals surface area contributed by atoms with Crippen LogP contribution in [0.15, 0.2) is 72.9 Å². The molecule has 0 radical (unpaired) electrons. The van der Waals surface area contributed by atoms with E-state index in [1.807, 2.05) is 39.0 Å². The van der Waals surface area contributed by atoms with Gasteiger partial charge in [-0.25, -0.2) is 4.98 Å². The standard InChI is InChI=1S/C35H40F3N5O4/c1-6-46-30-18-25(10-13-29(30)47-22(4)5)31(42-26-11-12-28-24(17-26)14-15-40-32(28)39)33(44)41-19-23-8-7-9-27(16-23)43(20-21(2)3)34(45)35(36,37)38/h7-18,21-22,31,42H,6,19-20H2,1-5H3,(H2,39,40)(H,41,44). The number of carbonyl (C=O) groups is 2. The Labute approximate surface area is 272 Å². The summed E-state index contributed by atoms with van der Waals surface area (Å²) in [6.07, 6.45) is -3.53. The van der Waals surface area contributed by atoms with Gasteiger partial charge in [-0.05, 0) is 91.7 Å². The lowest BCUT2D eigenvalue weighted by atomic mass is 10.0. The molecule has 0 spiro atoms. The first-order valence-corrected chi connectivity index (χ1v) is 15.4. The normalized spacial score (nSPS) is 12.2. The van der Waals surface area contributed by atoms with E-state index in [9.17, 15) is 22.8 Å². The van der Waals surface area contributed by atoms with Gasteiger partial charge in [-0.1, -0.05) is 32.0 Å². The molecule has 1 heterocycles. The van der Waals surface area contributed by atoms with Crippen LogP contribution in [0.5, 0.6) is 11.5 Å². The maximum absolute atomic E-state index is 13.9. The van der Waals surface area contributed by atoms with E-state index in [0.29, 0.717) is 40.7 Å². The second-order valence-corrected chi connectivity index (χ2v) is 11.7. The van der Waals surface area contributed by atoms with Crippen molar-refractivity contribution in [2.24, 2.45) is 5.92 Å². The topological polar surface area (TPSA) is 119 Å². The highest BCUT2D eigenvalue weighted by Crippen LogP contribution is 2.34. The fourth-order valence-corrected chi connectivity index (χ4v) is 5.03. The van der Waals surface area contributed by atoms with Gasteiger partial charge in [-0.2, -0.15) is 13.2 Å². The molecular formula is C35H40F3N5O4. The minimum atomic E-state index is -5.03. The number of aromatic nitrogens is 1. The molecule has 12 heteroatoms. The molecule has 3 aromatic carbocycles. The number of rotatable bonds is 13. The van der Waals surface area contributed by atoms with Gasteiger partial charge in [0.2, 0.25) is 5.91 Å². The van der Waals surface area contributed by atoms with E-state index in [1.54, 1.807) is 56.4 Å². The van der Waals surface area contributed by atoms with Crippen molar-refractivity contribution in [1.82, 2.24) is 10.3 Å². The van der Waals surface area contributed by atoms with E-state index < -0.39 is 24.0 Å². The monoisotopic (exact) mass is 651 g/mol. The minimum Gasteiger partial charge on any atom is -0.490 e. The van der Waals surface area contributed by atoms with Gasteiger partial charge in [-0.15, -0.1) is 0 Å². The van der Waals surface area contributed by atoms with Crippen LogP contribution in [0.4, 0.5) is 30.4 Å². The highest BCUT2D eigenvalue weighted by Gasteiger charge is 2.43. The van der Waals surface area contributed by atoms with Gasteiger partial charge >= 0.3 is 12.1 Å². The van der Waals surface area contributed by atoms with Gasteiger partial charge in [0, 0.05) is 36.0 Å². The van der Waals surface area contributed by atoms with E-state index in [1.165, 1.54) is 12.1 Å². The quantitative estimate of drug-likeness (QED) is 0.142. The molecule has 0 bridgehead atoms. The molecule has 9 nitrogen and oxygen atoms in total. The molecule has 2 amide bonds. The fraction of sp³-hybridized carbons (Fsp3) is 0.343. The molecule has 0 aliphatic rings. The molecule has 4 aromatic rings. The van der Waals surface area contributed by atoms with Gasteiger partial charge in [-0.3, -0.25) is 9.59 Å². The number of fused-ring (bicyclic) bond motifs is 1. The number of carbonyl (C=O) groups excluding carboxylic acids is 2. The van der Waals surface area contributed by atoms with Crippen LogP contribution in [0.2, 0.25) is 0 Å². The number of alkyl halides is 3. The molecule has 250 valence electrons. The zero-order valence-electron chi connectivity index (χ0n) is 27.0. The van der Waals surface area contributed by atoms with Crippen LogP contribution in [0.3, 0.4) is 0 Å². The van der Waals surface area contributed by atoms with Crippen molar-refractivity contribution < 1.29 is 32.2 Å². The van der Waals surface area contributed by atoms with Crippen molar-refractivity contribution in [2.45, 2.75) is 59.5 Å². The zero-order chi connectivity index (χ0) is 34.3. The first-order valence-electron chi connectivity index (χ1n) is 15.4. The lowest BCUT2D eigenvalue weighted by Gasteiger charge is -2.26. The van der Waals surface area contributed by atoms with Crippen molar-refractivity contribution in [2.75, 3.05) is 29.1 Å². The van der Waals surface area contributed by atoms with Crippen molar-refractivity contribution >= 4 is 39.8 Å². The second-order valence-electron chi connectivity index (χ2n) is 11.7. The van der Waals surface area contributed by atoms with E-state index in [0.717, 1.165) is 15.7 Å². The van der Waals surface area contributed by atoms with Gasteiger partial charge in [0.05, 0.1) is 12.7 Å². The molecule has 0 aliphatic carbocycles. The van der Waals surface area contributed by atoms with E-state index in [4.69, 9.17) is 15.2 Å². The average molecular weight is 652 g/mol. The summed E-state index contributed by atoms with van der Waals surface area (Å²) < 4.78 is 52.0. The predicted molar refractivity (Wildman–Crippen MR) is 177 cm³/mol. The number of nitrogens with one attached hydrogen (secondary N) is 2. The third kappa shape index (κ3) is 9.05. The average Bonchev–Trinajstić information content (AvgIpc) is 3.01. The molecule has 0 saturated carbocycles. The van der Waals surface area contributed by atoms with Crippen LogP contribution in [-0.4, -0.2) is 42.2 Å². The molecule has 1 aromatic heterocycles. The van der Waals surface area contributed by atoms with E-state index >= 15 is 0 Å². The number of hydrogen-bond acceptors (Lipinski definition) is 7. The van der Waals surface area contributed by atoms with Crippen LogP contribution in [0, 0.1) is 5.92 Å². The first-order chi connectivity index (χ1) is 22.3. The summed E-state index contributed by atoms with van der Waals surface area (Å²) in [5.74, 6) is -1.16. The Hall–Kier alpha value is -5.00. The molecule has 1 atom stereocenters. The zero-order valence-corrected chi connectivity index (χ0v) is 27.0. The number of nitrogens with zero attached hydrogens (tertiary/aromatic N) is 2. The molecule has 47 heavy (non-hydrogen) atoms. The minimum absolute atomic E-state index is 0.00658. The number of benzene rings is 3. The highest BCUT2D eigenvalue weighted by atomic mass is 19.4. The maximum Gasteiger partial charge on any atom is 0.471 e. The Morgan fingerprint density at radius 2 is 1.74 bits per heavy atom. The molecule has 4 N–H and O–H groups in total. The number of pyridine rings is 1. The van der Waals surface area contributed by atoms with Gasteiger partial charge < -0.3 is 30.7 Å². The molecule has 1 unspecified atom stereocenters. The summed E-state index contributed by atoms with van der Waals surface area (Å²) in [7, 11) is 0. The van der Waals surface area contributed by atoms with Crippen molar-refractivity contribution in [3.8, 4) is 11.5 Å². The number of halogens is 3. The van der Waals surface area contributed by atoms with E-state index in [-0.39, 0.29) is 30.8 Å². The molecule has 0 fully saturated rings. The number of nitrogens with two attached hydrogens (primary N) is 1. The summed E-state index contributed by atoms with van der Waals surface area (Å²) in [5, 5.41) is 7.80. The second kappa shape index (κ2) is 15.1. The SMILES string of the molecule is CCOc1cc(C(Nc2ccc3c(N)nccc3c2)C(=O)NCc2cccc(N(CC(C)C)C(=O)C(F)(F)F)c2)ccc1OC(C)C. The van der Waals surface area contributed by atoms with Crippen molar-refractivity contribution in [3.63, 3.8) is 0 Å². The molecule has 0 aliphatic heterocycles. The third-order valence-electron chi connectivity index (χ3n) is 7.06. The lowest BCUT2D eigenvalue weighted by Crippen LogP contribution is -2.43. The smallest absolute Gasteiger partial charge is 0.471 e. The summed E-state index contributed by atoms with van der Waals surface area (Å²) in [6.45, 7) is 9.37. The van der Waals surface area contributed by atoms with E-state index in [2.05, 4.69) is 15.6 Å². The van der Waals surface area contributed by atoms with Crippen LogP contribution < -0.4 is 30.7 Å². The molecule has 4 rings (SSSR count). The Balaban J connectivity index is 1.65. The summed E-state index contributed by atoms with van der Waals surface area (Å²) in [6, 6.07) is 17.8. The van der Waals surface area contributed by atoms with Gasteiger partial charge in [0.25, 0.3) is 0 Å². The number of nitrogen functional groups attached to an aromatic ring is 1. The third-order valence-corrected chi connectivity index (χ3v) is 7.06. The van der Waals surface area contributed by atoms with Gasteiger partial charge in [0.1, 0.15) is 11.9 Å². The largest absolute Gasteiger partial charge is 0.490 e. The number of hydrogen-bond donors (Lipinski definition) is 3. The van der Waals surface area contributed by atoms with Crippen molar-refractivity contribution in [1.29, 1.82) is 0 Å². The number of anilines is 3. The summed E-state index contributed by atoms with van der Waals surface area (Å²) in [4.78, 5) is 31.0. The van der Waals surface area contributed by atoms with Crippen molar-refractivity contribution in [3.05, 3.63) is 84.1 Å². The van der Waals surface area contributed by atoms with Crippen LogP contribution in [0.1, 0.15) is 51.8 Å². The Bertz CT molecular complexity index is 1710. The Morgan fingerprint density at radius 1 is 0.979 bits per heavy atom. The molecule has 0 saturated heterocycles. The Kier molecular flexibility index (Phi) is 11.2. The predicted octanol–water partition coefficient (Wildman–Crippen LogP) is 7.02.